The number of rotatable bonds is 6. The minimum absolute atomic E-state index is 0.0407. The third kappa shape index (κ3) is 4.46. The van der Waals surface area contributed by atoms with Gasteiger partial charge in [-0.25, -0.2) is 0 Å². The zero-order valence-corrected chi connectivity index (χ0v) is 14.3. The number of ketones is 1. The van der Waals surface area contributed by atoms with Gasteiger partial charge in [-0.2, -0.15) is 0 Å². The van der Waals surface area contributed by atoms with E-state index in [0.29, 0.717) is 5.57 Å². The molecule has 0 amide bonds. The van der Waals surface area contributed by atoms with Crippen LogP contribution in [0.1, 0.15) is 56.8 Å². The van der Waals surface area contributed by atoms with E-state index >= 15 is 0 Å². The number of anilines is 1. The first-order chi connectivity index (χ1) is 10.5. The lowest BCUT2D eigenvalue weighted by molar-refractivity contribution is 0.103. The highest BCUT2D eigenvalue weighted by atomic mass is 16.1. The minimum atomic E-state index is 0.0407. The summed E-state index contributed by atoms with van der Waals surface area (Å²) in [5.74, 6) is 1.75. The van der Waals surface area contributed by atoms with Crippen molar-refractivity contribution < 1.29 is 4.79 Å². The molecule has 1 saturated heterocycles. The Balaban J connectivity index is 1.89. The molecule has 0 aromatic heterocycles. The molecule has 0 atom stereocenters. The Labute approximate surface area is 135 Å². The fraction of sp³-hybridized carbons (Fsp3) is 0.550. The summed E-state index contributed by atoms with van der Waals surface area (Å²) < 4.78 is 0. The maximum Gasteiger partial charge on any atom is 0.188 e. The third-order valence-electron chi connectivity index (χ3n) is 4.65. The Morgan fingerprint density at radius 2 is 1.82 bits per heavy atom. The monoisotopic (exact) mass is 299 g/mol. The van der Waals surface area contributed by atoms with Crippen LogP contribution in [0.2, 0.25) is 0 Å². The van der Waals surface area contributed by atoms with Gasteiger partial charge in [-0.3, -0.25) is 4.79 Å². The van der Waals surface area contributed by atoms with Crippen molar-refractivity contribution >= 4 is 11.5 Å². The summed E-state index contributed by atoms with van der Waals surface area (Å²) >= 11 is 0. The van der Waals surface area contributed by atoms with E-state index in [4.69, 9.17) is 0 Å². The number of allylic oxidation sites excluding steroid dienone is 1. The van der Waals surface area contributed by atoms with Gasteiger partial charge in [-0.05, 0) is 61.4 Å². The lowest BCUT2D eigenvalue weighted by Gasteiger charge is -2.34. The number of carbonyl (C=O) groups is 1. The fourth-order valence-electron chi connectivity index (χ4n) is 3.12. The molecule has 1 aliphatic rings. The van der Waals surface area contributed by atoms with Crippen molar-refractivity contribution in [2.75, 3.05) is 18.0 Å². The molecule has 1 aromatic carbocycles. The Morgan fingerprint density at radius 3 is 2.32 bits per heavy atom. The van der Waals surface area contributed by atoms with E-state index in [1.165, 1.54) is 31.4 Å². The van der Waals surface area contributed by atoms with E-state index in [1.54, 1.807) is 6.92 Å². The molecule has 1 heterocycles. The summed E-state index contributed by atoms with van der Waals surface area (Å²) in [5.41, 5.74) is 2.57. The van der Waals surface area contributed by atoms with Crippen LogP contribution in [0.4, 0.5) is 5.69 Å². The zero-order valence-electron chi connectivity index (χ0n) is 14.3. The van der Waals surface area contributed by atoms with E-state index in [9.17, 15) is 4.79 Å². The fourth-order valence-corrected chi connectivity index (χ4v) is 3.12. The molecule has 0 bridgehead atoms. The van der Waals surface area contributed by atoms with Crippen LogP contribution in [0.3, 0.4) is 0 Å². The van der Waals surface area contributed by atoms with Gasteiger partial charge in [0.25, 0.3) is 0 Å². The SMILES string of the molecule is C=C(C)C(=O)c1ccc(N2CCC(CCC(C)C)CC2)cc1. The molecule has 0 N–H and O–H groups in total. The summed E-state index contributed by atoms with van der Waals surface area (Å²) in [6.07, 6.45) is 5.30. The van der Waals surface area contributed by atoms with Crippen LogP contribution in [0, 0.1) is 11.8 Å². The molecule has 1 aliphatic heterocycles. The normalized spacial score (nSPS) is 16.1. The van der Waals surface area contributed by atoms with Gasteiger partial charge in [0.1, 0.15) is 0 Å². The first-order valence-electron chi connectivity index (χ1n) is 8.52. The molecule has 0 spiro atoms. The van der Waals surface area contributed by atoms with Gasteiger partial charge in [-0.1, -0.05) is 33.3 Å². The predicted molar refractivity (Wildman–Crippen MR) is 94.6 cm³/mol. The number of benzene rings is 1. The molecule has 22 heavy (non-hydrogen) atoms. The van der Waals surface area contributed by atoms with Crippen molar-refractivity contribution in [2.24, 2.45) is 11.8 Å². The van der Waals surface area contributed by atoms with Gasteiger partial charge in [-0.15, -0.1) is 0 Å². The van der Waals surface area contributed by atoms with Crippen molar-refractivity contribution in [1.29, 1.82) is 0 Å². The summed E-state index contributed by atoms with van der Waals surface area (Å²) in [7, 11) is 0. The second kappa shape index (κ2) is 7.62. The number of carbonyl (C=O) groups excluding carboxylic acids is 1. The van der Waals surface area contributed by atoms with Crippen LogP contribution >= 0.6 is 0 Å². The largest absolute Gasteiger partial charge is 0.372 e. The number of Topliss-reactive ketones (excluding diaryl/α,β-unsaturated/α-hetero) is 1. The van der Waals surface area contributed by atoms with Crippen LogP contribution in [0.25, 0.3) is 0 Å². The van der Waals surface area contributed by atoms with Crippen molar-refractivity contribution in [3.63, 3.8) is 0 Å². The molecule has 2 nitrogen and oxygen atoms in total. The average molecular weight is 299 g/mol. The molecule has 0 saturated carbocycles. The Bertz CT molecular complexity index is 507. The summed E-state index contributed by atoms with van der Waals surface area (Å²) in [6, 6.07) is 8.00. The highest BCUT2D eigenvalue weighted by Crippen LogP contribution is 2.27. The Kier molecular flexibility index (Phi) is 5.82. The van der Waals surface area contributed by atoms with Crippen molar-refractivity contribution in [1.82, 2.24) is 0 Å². The van der Waals surface area contributed by atoms with Gasteiger partial charge >= 0.3 is 0 Å². The number of nitrogens with zero attached hydrogens (tertiary/aromatic N) is 1. The lowest BCUT2D eigenvalue weighted by Crippen LogP contribution is -2.33. The van der Waals surface area contributed by atoms with Crippen LogP contribution in [0.15, 0.2) is 36.4 Å². The summed E-state index contributed by atoms with van der Waals surface area (Å²) in [5, 5.41) is 0. The van der Waals surface area contributed by atoms with E-state index in [0.717, 1.165) is 30.5 Å². The van der Waals surface area contributed by atoms with Gasteiger partial charge in [0, 0.05) is 24.3 Å². The molecular formula is C20H29NO. The van der Waals surface area contributed by atoms with Gasteiger partial charge < -0.3 is 4.90 Å². The smallest absolute Gasteiger partial charge is 0.188 e. The van der Waals surface area contributed by atoms with Gasteiger partial charge in [0.2, 0.25) is 0 Å². The Hall–Kier alpha value is -1.57. The van der Waals surface area contributed by atoms with Crippen molar-refractivity contribution in [3.8, 4) is 0 Å². The molecular weight excluding hydrogens is 270 g/mol. The van der Waals surface area contributed by atoms with Gasteiger partial charge in [0.05, 0.1) is 0 Å². The standard InChI is InChI=1S/C20H29NO/c1-15(2)5-6-17-11-13-21(14-12-17)19-9-7-18(8-10-19)20(22)16(3)4/h7-10,15,17H,3,5-6,11-14H2,1-2,4H3. The molecule has 2 heteroatoms. The predicted octanol–water partition coefficient (Wildman–Crippen LogP) is 5.10. The summed E-state index contributed by atoms with van der Waals surface area (Å²) in [4.78, 5) is 14.3. The van der Waals surface area contributed by atoms with E-state index in [-0.39, 0.29) is 5.78 Å². The second-order valence-corrected chi connectivity index (χ2v) is 7.06. The van der Waals surface area contributed by atoms with Gasteiger partial charge in [0.15, 0.2) is 5.78 Å². The third-order valence-corrected chi connectivity index (χ3v) is 4.65. The van der Waals surface area contributed by atoms with Crippen molar-refractivity contribution in [2.45, 2.75) is 46.5 Å². The topological polar surface area (TPSA) is 20.3 Å². The molecule has 2 rings (SSSR count). The number of piperidine rings is 1. The second-order valence-electron chi connectivity index (χ2n) is 7.06. The molecule has 1 aromatic rings. The van der Waals surface area contributed by atoms with E-state index in [1.807, 2.05) is 12.1 Å². The Morgan fingerprint density at radius 1 is 1.23 bits per heavy atom. The van der Waals surface area contributed by atoms with Crippen LogP contribution in [0.5, 0.6) is 0 Å². The molecule has 120 valence electrons. The minimum Gasteiger partial charge on any atom is -0.372 e. The van der Waals surface area contributed by atoms with E-state index in [2.05, 4.69) is 37.5 Å². The molecule has 0 aliphatic carbocycles. The average Bonchev–Trinajstić information content (AvgIpc) is 2.53. The van der Waals surface area contributed by atoms with Crippen LogP contribution in [-0.2, 0) is 0 Å². The lowest BCUT2D eigenvalue weighted by atomic mass is 9.89. The highest BCUT2D eigenvalue weighted by molar-refractivity contribution is 6.08. The first kappa shape index (κ1) is 16.8. The number of hydrogen-bond acceptors (Lipinski definition) is 2. The maximum absolute atomic E-state index is 11.9. The molecule has 0 unspecified atom stereocenters. The maximum atomic E-state index is 11.9. The summed E-state index contributed by atoms with van der Waals surface area (Å²) in [6.45, 7) is 12.4. The molecule has 1 fully saturated rings. The zero-order chi connectivity index (χ0) is 16.1. The molecule has 0 radical (unpaired) electrons. The van der Waals surface area contributed by atoms with Crippen molar-refractivity contribution in [3.05, 3.63) is 42.0 Å². The van der Waals surface area contributed by atoms with Crippen LogP contribution in [-0.4, -0.2) is 18.9 Å². The number of hydrogen-bond donors (Lipinski definition) is 0. The highest BCUT2D eigenvalue weighted by Gasteiger charge is 2.19. The van der Waals surface area contributed by atoms with E-state index < -0.39 is 0 Å². The quantitative estimate of drug-likeness (QED) is 0.538. The first-order valence-corrected chi connectivity index (χ1v) is 8.52. The van der Waals surface area contributed by atoms with Crippen LogP contribution < -0.4 is 4.90 Å².